The molecule has 1 unspecified atom stereocenters. The molecule has 1 aliphatic carbocycles. The minimum atomic E-state index is -0.952. The average molecular weight is 284 g/mol. The minimum absolute atomic E-state index is 0.133. The SMILES string of the molecule is CCN(CCNCC(O)c1ccc(F)cc1F)C1CC1. The van der Waals surface area contributed by atoms with Crippen LogP contribution in [0, 0.1) is 11.6 Å². The van der Waals surface area contributed by atoms with Crippen LogP contribution in [0.1, 0.15) is 31.4 Å². The van der Waals surface area contributed by atoms with Crippen molar-refractivity contribution in [3.63, 3.8) is 0 Å². The summed E-state index contributed by atoms with van der Waals surface area (Å²) in [5.41, 5.74) is 0.133. The fourth-order valence-corrected chi connectivity index (χ4v) is 2.38. The molecule has 0 heterocycles. The Balaban J connectivity index is 1.73. The topological polar surface area (TPSA) is 35.5 Å². The van der Waals surface area contributed by atoms with Crippen molar-refractivity contribution in [3.05, 3.63) is 35.4 Å². The zero-order valence-corrected chi connectivity index (χ0v) is 11.8. The van der Waals surface area contributed by atoms with Gasteiger partial charge in [-0.2, -0.15) is 0 Å². The second-order valence-corrected chi connectivity index (χ2v) is 5.25. The molecule has 0 amide bonds. The van der Waals surface area contributed by atoms with Crippen molar-refractivity contribution in [1.29, 1.82) is 0 Å². The largest absolute Gasteiger partial charge is 0.387 e. The molecule has 2 N–H and O–H groups in total. The molecule has 1 aliphatic rings. The van der Waals surface area contributed by atoms with Crippen molar-refractivity contribution in [2.75, 3.05) is 26.2 Å². The number of hydrogen-bond donors (Lipinski definition) is 2. The van der Waals surface area contributed by atoms with Gasteiger partial charge in [-0.1, -0.05) is 13.0 Å². The Hall–Kier alpha value is -1.04. The van der Waals surface area contributed by atoms with E-state index in [0.29, 0.717) is 0 Å². The first-order chi connectivity index (χ1) is 9.61. The Bertz CT molecular complexity index is 438. The molecular weight excluding hydrogens is 262 g/mol. The van der Waals surface area contributed by atoms with Crippen molar-refractivity contribution >= 4 is 0 Å². The van der Waals surface area contributed by atoms with Crippen LogP contribution in [0.3, 0.4) is 0 Å². The van der Waals surface area contributed by atoms with E-state index in [1.165, 1.54) is 18.9 Å². The third kappa shape index (κ3) is 4.23. The van der Waals surface area contributed by atoms with Gasteiger partial charge in [-0.25, -0.2) is 8.78 Å². The predicted octanol–water partition coefficient (Wildman–Crippen LogP) is 2.07. The van der Waals surface area contributed by atoms with Crippen molar-refractivity contribution in [2.45, 2.75) is 31.9 Å². The summed E-state index contributed by atoms with van der Waals surface area (Å²) in [4.78, 5) is 2.40. The summed E-state index contributed by atoms with van der Waals surface area (Å²) < 4.78 is 26.3. The summed E-state index contributed by atoms with van der Waals surface area (Å²) >= 11 is 0. The number of halogens is 2. The maximum Gasteiger partial charge on any atom is 0.131 e. The zero-order valence-electron chi connectivity index (χ0n) is 11.8. The van der Waals surface area contributed by atoms with Crippen molar-refractivity contribution in [2.24, 2.45) is 0 Å². The van der Waals surface area contributed by atoms with Crippen LogP contribution in [-0.4, -0.2) is 42.2 Å². The van der Waals surface area contributed by atoms with Crippen LogP contribution in [0.15, 0.2) is 18.2 Å². The summed E-state index contributed by atoms with van der Waals surface area (Å²) in [6, 6.07) is 3.97. The Morgan fingerprint density at radius 1 is 1.40 bits per heavy atom. The molecule has 1 aromatic rings. The van der Waals surface area contributed by atoms with Gasteiger partial charge >= 0.3 is 0 Å². The zero-order chi connectivity index (χ0) is 14.5. The highest BCUT2D eigenvalue weighted by atomic mass is 19.1. The minimum Gasteiger partial charge on any atom is -0.387 e. The molecule has 5 heteroatoms. The lowest BCUT2D eigenvalue weighted by Gasteiger charge is -2.20. The molecule has 0 saturated heterocycles. The van der Waals surface area contributed by atoms with Gasteiger partial charge in [0.1, 0.15) is 11.6 Å². The summed E-state index contributed by atoms with van der Waals surface area (Å²) in [5, 5.41) is 13.0. The van der Waals surface area contributed by atoms with Crippen LogP contribution in [-0.2, 0) is 0 Å². The summed E-state index contributed by atoms with van der Waals surface area (Å²) in [6.07, 6.45) is 1.60. The molecule has 0 aromatic heterocycles. The van der Waals surface area contributed by atoms with Crippen LogP contribution >= 0.6 is 0 Å². The molecule has 0 radical (unpaired) electrons. The van der Waals surface area contributed by atoms with Gasteiger partial charge in [0.2, 0.25) is 0 Å². The molecule has 1 fully saturated rings. The normalized spacial score (nSPS) is 16.6. The van der Waals surface area contributed by atoms with E-state index < -0.39 is 17.7 Å². The molecule has 112 valence electrons. The Kier molecular flexibility index (Phi) is 5.46. The van der Waals surface area contributed by atoms with Gasteiger partial charge in [-0.3, -0.25) is 4.90 Å². The smallest absolute Gasteiger partial charge is 0.131 e. The van der Waals surface area contributed by atoms with Crippen LogP contribution in [0.5, 0.6) is 0 Å². The van der Waals surface area contributed by atoms with E-state index in [-0.39, 0.29) is 12.1 Å². The number of aliphatic hydroxyl groups is 1. The average Bonchev–Trinajstić information content (AvgIpc) is 3.23. The van der Waals surface area contributed by atoms with Crippen molar-refractivity contribution < 1.29 is 13.9 Å². The van der Waals surface area contributed by atoms with E-state index in [9.17, 15) is 13.9 Å². The monoisotopic (exact) mass is 284 g/mol. The molecule has 0 aliphatic heterocycles. The molecule has 1 atom stereocenters. The van der Waals surface area contributed by atoms with Crippen LogP contribution < -0.4 is 5.32 Å². The number of likely N-dealkylation sites (N-methyl/N-ethyl adjacent to an activating group) is 1. The van der Waals surface area contributed by atoms with Gasteiger partial charge in [-0.15, -0.1) is 0 Å². The maximum absolute atomic E-state index is 13.5. The lowest BCUT2D eigenvalue weighted by atomic mass is 10.1. The highest BCUT2D eigenvalue weighted by Gasteiger charge is 2.27. The first-order valence-electron chi connectivity index (χ1n) is 7.19. The molecule has 3 nitrogen and oxygen atoms in total. The number of benzene rings is 1. The van der Waals surface area contributed by atoms with Gasteiger partial charge in [0.05, 0.1) is 6.10 Å². The molecule has 0 spiro atoms. The number of rotatable bonds is 8. The van der Waals surface area contributed by atoms with E-state index in [4.69, 9.17) is 0 Å². The molecular formula is C15H22F2N2O. The molecule has 2 rings (SSSR count). The fourth-order valence-electron chi connectivity index (χ4n) is 2.38. The van der Waals surface area contributed by atoms with Gasteiger partial charge in [-0.05, 0) is 25.5 Å². The van der Waals surface area contributed by atoms with Crippen LogP contribution in [0.4, 0.5) is 8.78 Å². The van der Waals surface area contributed by atoms with E-state index in [1.54, 1.807) is 0 Å². The Labute approximate surface area is 118 Å². The molecule has 1 aromatic carbocycles. The highest BCUT2D eigenvalue weighted by molar-refractivity contribution is 5.21. The van der Waals surface area contributed by atoms with Crippen molar-refractivity contribution in [1.82, 2.24) is 10.2 Å². The first-order valence-corrected chi connectivity index (χ1v) is 7.19. The Morgan fingerprint density at radius 2 is 2.15 bits per heavy atom. The van der Waals surface area contributed by atoms with E-state index in [1.807, 2.05) is 0 Å². The third-order valence-corrected chi connectivity index (χ3v) is 3.70. The van der Waals surface area contributed by atoms with Crippen LogP contribution in [0.25, 0.3) is 0 Å². The number of hydrogen-bond acceptors (Lipinski definition) is 3. The lowest BCUT2D eigenvalue weighted by Crippen LogP contribution is -2.35. The van der Waals surface area contributed by atoms with Crippen LogP contribution in [0.2, 0.25) is 0 Å². The third-order valence-electron chi connectivity index (χ3n) is 3.70. The first kappa shape index (κ1) is 15.4. The van der Waals surface area contributed by atoms with Gasteiger partial charge in [0.15, 0.2) is 0 Å². The second-order valence-electron chi connectivity index (χ2n) is 5.25. The molecule has 1 saturated carbocycles. The molecule has 20 heavy (non-hydrogen) atoms. The Morgan fingerprint density at radius 3 is 2.75 bits per heavy atom. The van der Waals surface area contributed by atoms with Gasteiger partial charge < -0.3 is 10.4 Å². The summed E-state index contributed by atoms with van der Waals surface area (Å²) in [5.74, 6) is -1.33. The van der Waals surface area contributed by atoms with Crippen molar-refractivity contribution in [3.8, 4) is 0 Å². The number of nitrogens with zero attached hydrogens (tertiary/aromatic N) is 1. The lowest BCUT2D eigenvalue weighted by molar-refractivity contribution is 0.167. The van der Waals surface area contributed by atoms with Gasteiger partial charge in [0, 0.05) is 37.3 Å². The molecule has 0 bridgehead atoms. The van der Waals surface area contributed by atoms with Gasteiger partial charge in [0.25, 0.3) is 0 Å². The summed E-state index contributed by atoms with van der Waals surface area (Å²) in [6.45, 7) is 5.12. The van der Waals surface area contributed by atoms with E-state index in [0.717, 1.165) is 37.8 Å². The number of aliphatic hydroxyl groups excluding tert-OH is 1. The predicted molar refractivity (Wildman–Crippen MR) is 74.5 cm³/mol. The second kappa shape index (κ2) is 7.11. The van der Waals surface area contributed by atoms with E-state index >= 15 is 0 Å². The highest BCUT2D eigenvalue weighted by Crippen LogP contribution is 2.25. The van der Waals surface area contributed by atoms with E-state index in [2.05, 4.69) is 17.1 Å². The standard InChI is InChI=1S/C15H22F2N2O/c1-2-19(12-4-5-12)8-7-18-10-15(20)13-6-3-11(16)9-14(13)17/h3,6,9,12,15,18,20H,2,4-5,7-8,10H2,1H3. The summed E-state index contributed by atoms with van der Waals surface area (Å²) in [7, 11) is 0. The number of nitrogens with one attached hydrogen (secondary N) is 1. The fraction of sp³-hybridized carbons (Fsp3) is 0.600. The maximum atomic E-state index is 13.5. The quantitative estimate of drug-likeness (QED) is 0.717.